The van der Waals surface area contributed by atoms with Crippen LogP contribution in [0.4, 0.5) is 0 Å². The van der Waals surface area contributed by atoms with Crippen LogP contribution < -0.4 is 5.32 Å². The van der Waals surface area contributed by atoms with Gasteiger partial charge in [0.2, 0.25) is 10.0 Å². The monoisotopic (exact) mass is 484 g/mol. The number of nitrogens with zero attached hydrogens (tertiary/aromatic N) is 1. The van der Waals surface area contributed by atoms with Crippen LogP contribution in [0.15, 0.2) is 54.6 Å². The Balaban J connectivity index is 1.25. The number of sulfonamides is 1. The first-order valence-electron chi connectivity index (χ1n) is 12.1. The molecule has 2 fully saturated rings. The molecule has 0 amide bonds. The summed E-state index contributed by atoms with van der Waals surface area (Å²) in [6.45, 7) is 1.18. The molecule has 2 aromatic carbocycles. The fraction of sp³-hybridized carbons (Fsp3) is 0.481. The summed E-state index contributed by atoms with van der Waals surface area (Å²) in [5.74, 6) is 1.59. The Morgan fingerprint density at radius 2 is 1.94 bits per heavy atom. The van der Waals surface area contributed by atoms with Crippen molar-refractivity contribution in [1.29, 1.82) is 0 Å². The van der Waals surface area contributed by atoms with E-state index in [2.05, 4.69) is 35.6 Å². The van der Waals surface area contributed by atoms with Crippen molar-refractivity contribution in [1.82, 2.24) is 9.62 Å². The highest BCUT2D eigenvalue weighted by atomic mass is 35.5. The average molecular weight is 485 g/mol. The first kappa shape index (κ1) is 23.1. The van der Waals surface area contributed by atoms with Gasteiger partial charge in [0.15, 0.2) is 0 Å². The smallest absolute Gasteiger partial charge is 0.217 e. The summed E-state index contributed by atoms with van der Waals surface area (Å²) in [5, 5.41) is 4.28. The summed E-state index contributed by atoms with van der Waals surface area (Å²) in [7, 11) is -1.16. The van der Waals surface area contributed by atoms with Gasteiger partial charge in [0.1, 0.15) is 0 Å². The van der Waals surface area contributed by atoms with Gasteiger partial charge in [-0.05, 0) is 79.5 Å². The van der Waals surface area contributed by atoms with E-state index in [4.69, 9.17) is 11.6 Å². The van der Waals surface area contributed by atoms with Crippen molar-refractivity contribution in [2.45, 2.75) is 50.0 Å². The molecular weight excluding hydrogens is 452 g/mol. The summed E-state index contributed by atoms with van der Waals surface area (Å²) >= 11 is 6.23. The molecule has 2 aromatic rings. The average Bonchev–Trinajstić information content (AvgIpc) is 3.52. The molecule has 0 aromatic heterocycles. The van der Waals surface area contributed by atoms with Crippen LogP contribution in [0.25, 0.3) is 0 Å². The van der Waals surface area contributed by atoms with Gasteiger partial charge in [0.05, 0.1) is 5.75 Å². The number of halogens is 1. The molecule has 2 atom stereocenters. The van der Waals surface area contributed by atoms with Crippen LogP contribution in [0.5, 0.6) is 0 Å². The number of fused-ring (bicyclic) bond motifs is 1. The van der Waals surface area contributed by atoms with Gasteiger partial charge in [-0.3, -0.25) is 0 Å². The van der Waals surface area contributed by atoms with Crippen molar-refractivity contribution in [3.05, 3.63) is 81.9 Å². The fourth-order valence-corrected chi connectivity index (χ4v) is 6.90. The predicted octanol–water partition coefficient (Wildman–Crippen LogP) is 4.90. The van der Waals surface area contributed by atoms with Crippen molar-refractivity contribution in [3.8, 4) is 0 Å². The van der Waals surface area contributed by atoms with Gasteiger partial charge in [0, 0.05) is 36.0 Å². The van der Waals surface area contributed by atoms with Crippen molar-refractivity contribution in [2.75, 3.05) is 25.9 Å². The maximum atomic E-state index is 12.7. The first-order valence-corrected chi connectivity index (χ1v) is 14.1. The number of benzene rings is 2. The maximum absolute atomic E-state index is 12.7. The molecule has 1 heterocycles. The number of allylic oxidation sites excluding steroid dienone is 1. The van der Waals surface area contributed by atoms with E-state index in [0.29, 0.717) is 25.0 Å². The second-order valence-corrected chi connectivity index (χ2v) is 12.4. The van der Waals surface area contributed by atoms with Gasteiger partial charge in [0.25, 0.3) is 0 Å². The summed E-state index contributed by atoms with van der Waals surface area (Å²) in [6.07, 6.45) is 9.47. The predicted molar refractivity (Wildman–Crippen MR) is 135 cm³/mol. The van der Waals surface area contributed by atoms with E-state index >= 15 is 0 Å². The van der Waals surface area contributed by atoms with Gasteiger partial charge < -0.3 is 5.32 Å². The maximum Gasteiger partial charge on any atom is 0.217 e. The summed E-state index contributed by atoms with van der Waals surface area (Å²) in [4.78, 5) is 0. The molecule has 0 radical (unpaired) electrons. The molecule has 0 bridgehead atoms. The molecule has 176 valence electrons. The van der Waals surface area contributed by atoms with Crippen LogP contribution in [0, 0.1) is 5.92 Å². The summed E-state index contributed by atoms with van der Waals surface area (Å²) < 4.78 is 27.0. The van der Waals surface area contributed by atoms with Crippen LogP contribution in [-0.2, 0) is 22.9 Å². The molecular formula is C27H33ClN2O2S. The highest BCUT2D eigenvalue weighted by molar-refractivity contribution is 7.89. The Labute approximate surface area is 203 Å². The Morgan fingerprint density at radius 3 is 2.67 bits per heavy atom. The van der Waals surface area contributed by atoms with Crippen molar-refractivity contribution >= 4 is 21.6 Å². The molecule has 2 unspecified atom stereocenters. The van der Waals surface area contributed by atoms with Crippen LogP contribution in [0.2, 0.25) is 5.02 Å². The Kier molecular flexibility index (Phi) is 6.67. The van der Waals surface area contributed by atoms with Gasteiger partial charge in [-0.1, -0.05) is 54.1 Å². The third kappa shape index (κ3) is 5.22. The normalized spacial score (nSPS) is 23.7. The zero-order valence-corrected chi connectivity index (χ0v) is 20.8. The molecule has 5 rings (SSSR count). The van der Waals surface area contributed by atoms with E-state index < -0.39 is 10.0 Å². The van der Waals surface area contributed by atoms with E-state index in [1.807, 2.05) is 31.3 Å². The molecule has 3 aliphatic rings. The number of likely N-dealkylation sites (N-methyl/N-ethyl adjacent to an activating group) is 1. The van der Waals surface area contributed by atoms with E-state index in [9.17, 15) is 8.42 Å². The highest BCUT2D eigenvalue weighted by Gasteiger charge is 2.38. The molecule has 6 heteroatoms. The number of hydrogen-bond donors (Lipinski definition) is 1. The zero-order chi connectivity index (χ0) is 23.0. The lowest BCUT2D eigenvalue weighted by Crippen LogP contribution is -2.49. The first-order chi connectivity index (χ1) is 15.9. The lowest BCUT2D eigenvalue weighted by Gasteiger charge is -2.38. The third-order valence-electron chi connectivity index (χ3n) is 7.56. The van der Waals surface area contributed by atoms with Crippen molar-refractivity contribution in [2.24, 2.45) is 5.92 Å². The number of rotatable bonds is 9. The highest BCUT2D eigenvalue weighted by Crippen LogP contribution is 2.39. The van der Waals surface area contributed by atoms with Gasteiger partial charge in [-0.2, -0.15) is 0 Å². The van der Waals surface area contributed by atoms with Gasteiger partial charge >= 0.3 is 0 Å². The van der Waals surface area contributed by atoms with Crippen LogP contribution in [0.3, 0.4) is 0 Å². The molecule has 4 nitrogen and oxygen atoms in total. The van der Waals surface area contributed by atoms with Crippen LogP contribution in [-0.4, -0.2) is 44.7 Å². The lowest BCUT2D eigenvalue weighted by molar-refractivity contribution is 0.265. The lowest BCUT2D eigenvalue weighted by atomic mass is 9.87. The van der Waals surface area contributed by atoms with Crippen LogP contribution >= 0.6 is 11.6 Å². The third-order valence-corrected chi connectivity index (χ3v) is 9.50. The standard InChI is InChI=1S/C27H33ClN2O2S/c1-29-27-16-22-11-10-21(15-25(22)26(27)14-20-6-4-7-24(28)13-20)23-17-30(18-23)33(31,32)12-3-2-5-19-8-9-19/h2-4,6-7,10-11,13,15,19,23,26-27,29H,5,8-9,12,14,16-18H2,1H3. The summed E-state index contributed by atoms with van der Waals surface area (Å²) in [5.41, 5.74) is 5.31. The minimum absolute atomic E-state index is 0.127. The molecule has 1 N–H and O–H groups in total. The largest absolute Gasteiger partial charge is 0.316 e. The molecule has 2 aliphatic carbocycles. The van der Waals surface area contributed by atoms with E-state index in [0.717, 1.165) is 30.2 Å². The Morgan fingerprint density at radius 1 is 1.12 bits per heavy atom. The number of nitrogens with one attached hydrogen (secondary N) is 1. The molecule has 1 saturated carbocycles. The molecule has 1 saturated heterocycles. The SMILES string of the molecule is CNC1Cc2ccc(C3CN(S(=O)(=O)CC=CCC4CC4)C3)cc2C1Cc1cccc(Cl)c1. The molecule has 0 spiro atoms. The topological polar surface area (TPSA) is 49.4 Å². The second-order valence-electron chi connectivity index (χ2n) is 9.94. The fourth-order valence-electron chi connectivity index (χ4n) is 5.28. The minimum atomic E-state index is -3.20. The molecule has 1 aliphatic heterocycles. The summed E-state index contributed by atoms with van der Waals surface area (Å²) in [6, 6.07) is 15.3. The van der Waals surface area contributed by atoms with Crippen molar-refractivity contribution < 1.29 is 8.42 Å². The Hall–Kier alpha value is -1.66. The van der Waals surface area contributed by atoms with Crippen LogP contribution in [0.1, 0.15) is 53.4 Å². The minimum Gasteiger partial charge on any atom is -0.316 e. The van der Waals surface area contributed by atoms with E-state index in [-0.39, 0.29) is 11.7 Å². The van der Waals surface area contributed by atoms with Gasteiger partial charge in [-0.25, -0.2) is 12.7 Å². The van der Waals surface area contributed by atoms with E-state index in [1.165, 1.54) is 35.1 Å². The second kappa shape index (κ2) is 9.53. The number of hydrogen-bond acceptors (Lipinski definition) is 3. The zero-order valence-electron chi connectivity index (χ0n) is 19.2. The molecule has 33 heavy (non-hydrogen) atoms. The Bertz CT molecular complexity index is 1140. The van der Waals surface area contributed by atoms with Crippen molar-refractivity contribution in [3.63, 3.8) is 0 Å². The quantitative estimate of drug-likeness (QED) is 0.515. The van der Waals surface area contributed by atoms with E-state index in [1.54, 1.807) is 4.31 Å². The van der Waals surface area contributed by atoms with Gasteiger partial charge in [-0.15, -0.1) is 0 Å².